The summed E-state index contributed by atoms with van der Waals surface area (Å²) in [7, 11) is 0. The summed E-state index contributed by atoms with van der Waals surface area (Å²) in [5, 5.41) is 15.2. The lowest BCUT2D eigenvalue weighted by molar-refractivity contribution is -0.389. The molecule has 1 aromatic heterocycles. The Kier molecular flexibility index (Phi) is 5.17. The number of rotatable bonds is 5. The Hall–Kier alpha value is -1.37. The Morgan fingerprint density at radius 2 is 2.05 bits per heavy atom. The van der Waals surface area contributed by atoms with Gasteiger partial charge >= 0.3 is 5.69 Å². The lowest BCUT2D eigenvalue weighted by Gasteiger charge is -2.20. The monoisotopic (exact) mass is 296 g/mol. The van der Waals surface area contributed by atoms with Crippen molar-refractivity contribution in [3.05, 3.63) is 15.8 Å². The maximum absolute atomic E-state index is 11.2. The van der Waals surface area contributed by atoms with E-state index < -0.39 is 0 Å². The van der Waals surface area contributed by atoms with Crippen LogP contribution >= 0.6 is 11.8 Å². The molecule has 1 aliphatic carbocycles. The van der Waals surface area contributed by atoms with Crippen LogP contribution in [-0.4, -0.2) is 26.7 Å². The molecule has 6 nitrogen and oxygen atoms in total. The minimum absolute atomic E-state index is 0.0576. The van der Waals surface area contributed by atoms with E-state index in [0.717, 1.165) is 12.8 Å². The molecule has 1 heterocycles. The highest BCUT2D eigenvalue weighted by molar-refractivity contribution is 8.00. The average molecular weight is 296 g/mol. The van der Waals surface area contributed by atoms with Crippen LogP contribution in [0, 0.1) is 17.0 Å². The van der Waals surface area contributed by atoms with E-state index in [9.17, 15) is 10.1 Å². The molecule has 20 heavy (non-hydrogen) atoms. The van der Waals surface area contributed by atoms with Crippen molar-refractivity contribution in [2.45, 2.75) is 56.2 Å². The van der Waals surface area contributed by atoms with E-state index in [-0.39, 0.29) is 10.6 Å². The molecule has 0 atom stereocenters. The zero-order chi connectivity index (χ0) is 14.5. The number of nitrogens with one attached hydrogen (secondary N) is 1. The second-order valence-corrected chi connectivity index (χ2v) is 6.24. The van der Waals surface area contributed by atoms with Crippen LogP contribution in [0.2, 0.25) is 0 Å². The number of aryl methyl sites for hydroxylation is 1. The van der Waals surface area contributed by atoms with Gasteiger partial charge in [-0.2, -0.15) is 4.98 Å². The summed E-state index contributed by atoms with van der Waals surface area (Å²) < 4.78 is 0. The van der Waals surface area contributed by atoms with Crippen LogP contribution in [0.15, 0.2) is 5.03 Å². The lowest BCUT2D eigenvalue weighted by atomic mass is 10.0. The third-order valence-corrected chi connectivity index (χ3v) is 4.69. The van der Waals surface area contributed by atoms with Crippen molar-refractivity contribution in [2.24, 2.45) is 0 Å². The fourth-order valence-electron chi connectivity index (χ4n) is 2.41. The molecule has 0 bridgehead atoms. The van der Waals surface area contributed by atoms with E-state index in [4.69, 9.17) is 0 Å². The minimum atomic E-state index is -0.365. The van der Waals surface area contributed by atoms with Gasteiger partial charge in [0.2, 0.25) is 5.95 Å². The van der Waals surface area contributed by atoms with Crippen LogP contribution in [0.4, 0.5) is 11.6 Å². The van der Waals surface area contributed by atoms with Gasteiger partial charge in [0, 0.05) is 11.8 Å². The Bertz CT molecular complexity index is 490. The number of thioether (sulfide) groups is 1. The van der Waals surface area contributed by atoms with Crippen LogP contribution in [-0.2, 0) is 0 Å². The second-order valence-electron chi connectivity index (χ2n) is 4.95. The maximum Gasteiger partial charge on any atom is 0.322 e. The van der Waals surface area contributed by atoms with Gasteiger partial charge in [-0.1, -0.05) is 31.0 Å². The topological polar surface area (TPSA) is 81.0 Å². The largest absolute Gasteiger partial charge is 0.354 e. The second kappa shape index (κ2) is 6.88. The molecule has 0 aliphatic heterocycles. The van der Waals surface area contributed by atoms with Crippen LogP contribution in [0.1, 0.15) is 44.7 Å². The van der Waals surface area contributed by atoms with Crippen molar-refractivity contribution in [1.29, 1.82) is 0 Å². The summed E-state index contributed by atoms with van der Waals surface area (Å²) in [5.41, 5.74) is 0.487. The molecule has 1 aliphatic rings. The molecule has 1 fully saturated rings. The average Bonchev–Trinajstić information content (AvgIpc) is 2.39. The molecule has 1 saturated carbocycles. The highest BCUT2D eigenvalue weighted by atomic mass is 32.2. The molecule has 7 heteroatoms. The number of nitrogens with zero attached hydrogens (tertiary/aromatic N) is 3. The first kappa shape index (κ1) is 15.0. The van der Waals surface area contributed by atoms with Crippen molar-refractivity contribution < 1.29 is 4.92 Å². The van der Waals surface area contributed by atoms with Gasteiger partial charge in [-0.25, -0.2) is 4.98 Å². The van der Waals surface area contributed by atoms with Gasteiger partial charge in [0.15, 0.2) is 5.03 Å². The molecule has 2 rings (SSSR count). The molecule has 0 aromatic carbocycles. The molecular weight excluding hydrogens is 276 g/mol. The SMILES string of the molecule is CCNc1nc(C)c([N+](=O)[O-])c(SC2CCCCC2)n1. The first-order valence-electron chi connectivity index (χ1n) is 7.05. The summed E-state index contributed by atoms with van der Waals surface area (Å²) in [4.78, 5) is 19.4. The first-order chi connectivity index (χ1) is 9.61. The summed E-state index contributed by atoms with van der Waals surface area (Å²) in [6, 6.07) is 0. The summed E-state index contributed by atoms with van der Waals surface area (Å²) >= 11 is 1.54. The molecule has 0 saturated heterocycles. The quantitative estimate of drug-likeness (QED) is 0.508. The summed E-state index contributed by atoms with van der Waals surface area (Å²) in [5.74, 6) is 0.480. The van der Waals surface area contributed by atoms with E-state index in [1.165, 1.54) is 19.3 Å². The van der Waals surface area contributed by atoms with Gasteiger partial charge in [-0.3, -0.25) is 10.1 Å². The molecule has 1 aromatic rings. The summed E-state index contributed by atoms with van der Waals surface area (Å²) in [6.45, 7) is 4.32. The highest BCUT2D eigenvalue weighted by Gasteiger charge is 2.26. The van der Waals surface area contributed by atoms with Gasteiger partial charge in [-0.05, 0) is 26.7 Å². The van der Waals surface area contributed by atoms with Crippen LogP contribution < -0.4 is 5.32 Å². The summed E-state index contributed by atoms with van der Waals surface area (Å²) in [6.07, 6.45) is 5.90. The van der Waals surface area contributed by atoms with Crippen molar-refractivity contribution >= 4 is 23.4 Å². The molecule has 0 unspecified atom stereocenters. The molecule has 1 N–H and O–H groups in total. The van der Waals surface area contributed by atoms with Gasteiger partial charge in [0.05, 0.1) is 4.92 Å². The smallest absolute Gasteiger partial charge is 0.322 e. The normalized spacial score (nSPS) is 16.1. The standard InChI is InChI=1S/C13H20N4O2S/c1-3-14-13-15-9(2)11(17(18)19)12(16-13)20-10-7-5-4-6-8-10/h10H,3-8H2,1-2H3,(H,14,15,16). The number of aromatic nitrogens is 2. The number of hydrogen-bond donors (Lipinski definition) is 1. The van der Waals surface area contributed by atoms with Gasteiger partial charge in [0.1, 0.15) is 5.69 Å². The zero-order valence-electron chi connectivity index (χ0n) is 11.9. The highest BCUT2D eigenvalue weighted by Crippen LogP contribution is 2.38. The number of nitro groups is 1. The minimum Gasteiger partial charge on any atom is -0.354 e. The number of hydrogen-bond acceptors (Lipinski definition) is 6. The number of anilines is 1. The van der Waals surface area contributed by atoms with Gasteiger partial charge in [0.25, 0.3) is 0 Å². The third-order valence-electron chi connectivity index (χ3n) is 3.37. The van der Waals surface area contributed by atoms with Crippen molar-refractivity contribution in [3.63, 3.8) is 0 Å². The van der Waals surface area contributed by atoms with Gasteiger partial charge in [-0.15, -0.1) is 0 Å². The van der Waals surface area contributed by atoms with Crippen molar-refractivity contribution in [1.82, 2.24) is 9.97 Å². The van der Waals surface area contributed by atoms with E-state index in [1.807, 2.05) is 6.92 Å². The van der Waals surface area contributed by atoms with Crippen LogP contribution in [0.3, 0.4) is 0 Å². The Balaban J connectivity index is 2.28. The van der Waals surface area contributed by atoms with Crippen molar-refractivity contribution in [3.8, 4) is 0 Å². The zero-order valence-corrected chi connectivity index (χ0v) is 12.7. The maximum atomic E-state index is 11.2. The van der Waals surface area contributed by atoms with Crippen LogP contribution in [0.25, 0.3) is 0 Å². The Labute approximate surface area is 122 Å². The fourth-order valence-corrected chi connectivity index (χ4v) is 3.77. The lowest BCUT2D eigenvalue weighted by Crippen LogP contribution is -2.11. The van der Waals surface area contributed by atoms with E-state index in [2.05, 4.69) is 15.3 Å². The van der Waals surface area contributed by atoms with E-state index in [1.54, 1.807) is 18.7 Å². The molecular formula is C13H20N4O2S. The van der Waals surface area contributed by atoms with Crippen LogP contribution in [0.5, 0.6) is 0 Å². The van der Waals surface area contributed by atoms with Crippen molar-refractivity contribution in [2.75, 3.05) is 11.9 Å². The van der Waals surface area contributed by atoms with Gasteiger partial charge < -0.3 is 5.32 Å². The molecule has 0 radical (unpaired) electrons. The fraction of sp³-hybridized carbons (Fsp3) is 0.692. The predicted molar refractivity (Wildman–Crippen MR) is 80.3 cm³/mol. The predicted octanol–water partition coefficient (Wildman–Crippen LogP) is 3.55. The Morgan fingerprint density at radius 3 is 2.65 bits per heavy atom. The third kappa shape index (κ3) is 3.59. The molecule has 0 spiro atoms. The Morgan fingerprint density at radius 1 is 1.35 bits per heavy atom. The van der Waals surface area contributed by atoms with E-state index >= 15 is 0 Å². The van der Waals surface area contributed by atoms with E-state index in [0.29, 0.717) is 28.5 Å². The molecule has 0 amide bonds. The first-order valence-corrected chi connectivity index (χ1v) is 7.93. The molecule has 110 valence electrons.